The summed E-state index contributed by atoms with van der Waals surface area (Å²) in [4.78, 5) is 13.5. The predicted molar refractivity (Wildman–Crippen MR) is 68.7 cm³/mol. The fraction of sp³-hybridized carbons (Fsp3) is 0.500. The number of hydrogen-bond donors (Lipinski definition) is 1. The van der Waals surface area contributed by atoms with E-state index in [4.69, 9.17) is 4.74 Å². The van der Waals surface area contributed by atoms with Crippen LogP contribution in [0.4, 0.5) is 0 Å². The van der Waals surface area contributed by atoms with Crippen LogP contribution >= 0.6 is 0 Å². The number of morpholine rings is 1. The molecule has 4 heteroatoms. The Kier molecular flexibility index (Phi) is 3.68. The molecule has 0 spiro atoms. The number of aromatic carboxylic acids is 1. The van der Waals surface area contributed by atoms with Crippen molar-refractivity contribution in [1.29, 1.82) is 0 Å². The summed E-state index contributed by atoms with van der Waals surface area (Å²) in [7, 11) is 0. The standard InChI is InChI=1S/C14H19NO3/c1-14(2)10-18-8-7-15(14)9-11-5-3-4-6-12(11)13(16)17/h3-6H,7-10H2,1-2H3,(H,16,17). The van der Waals surface area contributed by atoms with E-state index in [0.717, 1.165) is 12.1 Å². The minimum Gasteiger partial charge on any atom is -0.478 e. The summed E-state index contributed by atoms with van der Waals surface area (Å²) in [5.41, 5.74) is 1.20. The molecule has 0 atom stereocenters. The Morgan fingerprint density at radius 1 is 1.44 bits per heavy atom. The fourth-order valence-corrected chi connectivity index (χ4v) is 2.26. The van der Waals surface area contributed by atoms with Crippen molar-refractivity contribution in [2.75, 3.05) is 19.8 Å². The van der Waals surface area contributed by atoms with Crippen molar-refractivity contribution in [3.05, 3.63) is 35.4 Å². The largest absolute Gasteiger partial charge is 0.478 e. The lowest BCUT2D eigenvalue weighted by Gasteiger charge is -2.42. The van der Waals surface area contributed by atoms with Crippen molar-refractivity contribution < 1.29 is 14.6 Å². The van der Waals surface area contributed by atoms with Crippen LogP contribution in [0, 0.1) is 0 Å². The number of ether oxygens (including phenoxy) is 1. The molecule has 0 aliphatic carbocycles. The fourth-order valence-electron chi connectivity index (χ4n) is 2.26. The van der Waals surface area contributed by atoms with E-state index in [1.54, 1.807) is 12.1 Å². The van der Waals surface area contributed by atoms with Crippen molar-refractivity contribution in [3.8, 4) is 0 Å². The summed E-state index contributed by atoms with van der Waals surface area (Å²) in [5, 5.41) is 9.18. The van der Waals surface area contributed by atoms with Crippen LogP contribution in [0.1, 0.15) is 29.8 Å². The van der Waals surface area contributed by atoms with Gasteiger partial charge in [-0.05, 0) is 25.5 Å². The number of carboxylic acids is 1. The smallest absolute Gasteiger partial charge is 0.336 e. The van der Waals surface area contributed by atoms with E-state index in [9.17, 15) is 9.90 Å². The minimum atomic E-state index is -0.864. The Morgan fingerprint density at radius 2 is 2.17 bits per heavy atom. The number of benzene rings is 1. The van der Waals surface area contributed by atoms with Gasteiger partial charge in [0, 0.05) is 18.6 Å². The van der Waals surface area contributed by atoms with Crippen molar-refractivity contribution in [1.82, 2.24) is 4.90 Å². The summed E-state index contributed by atoms with van der Waals surface area (Å²) in [6, 6.07) is 7.19. The lowest BCUT2D eigenvalue weighted by atomic mass is 9.99. The Morgan fingerprint density at radius 3 is 2.83 bits per heavy atom. The molecule has 1 heterocycles. The normalized spacial score (nSPS) is 19.7. The zero-order valence-corrected chi connectivity index (χ0v) is 10.8. The molecule has 2 rings (SSSR count). The van der Waals surface area contributed by atoms with Gasteiger partial charge in [0.05, 0.1) is 18.8 Å². The summed E-state index contributed by atoms with van der Waals surface area (Å²) in [6.45, 7) is 7.12. The van der Waals surface area contributed by atoms with Gasteiger partial charge in [-0.2, -0.15) is 0 Å². The number of carbonyl (C=O) groups is 1. The number of nitrogens with zero attached hydrogens (tertiary/aromatic N) is 1. The number of rotatable bonds is 3. The Bertz CT molecular complexity index is 442. The zero-order valence-electron chi connectivity index (χ0n) is 10.8. The van der Waals surface area contributed by atoms with E-state index in [-0.39, 0.29) is 5.54 Å². The molecular formula is C14H19NO3. The van der Waals surface area contributed by atoms with E-state index in [0.29, 0.717) is 25.3 Å². The van der Waals surface area contributed by atoms with Crippen LogP contribution < -0.4 is 0 Å². The highest BCUT2D eigenvalue weighted by Crippen LogP contribution is 2.22. The molecule has 98 valence electrons. The second kappa shape index (κ2) is 5.08. The van der Waals surface area contributed by atoms with E-state index < -0.39 is 5.97 Å². The van der Waals surface area contributed by atoms with Crippen molar-refractivity contribution in [2.24, 2.45) is 0 Å². The molecule has 0 radical (unpaired) electrons. The molecular weight excluding hydrogens is 230 g/mol. The maximum absolute atomic E-state index is 11.2. The SMILES string of the molecule is CC1(C)COCCN1Cc1ccccc1C(=O)O. The molecule has 1 aliphatic heterocycles. The molecule has 4 nitrogen and oxygen atoms in total. The third-order valence-electron chi connectivity index (χ3n) is 3.43. The molecule has 1 aliphatic rings. The van der Waals surface area contributed by atoms with Gasteiger partial charge in [-0.3, -0.25) is 4.90 Å². The molecule has 1 aromatic carbocycles. The molecule has 1 saturated heterocycles. The van der Waals surface area contributed by atoms with Crippen LogP contribution in [0.2, 0.25) is 0 Å². The lowest BCUT2D eigenvalue weighted by molar-refractivity contribution is -0.0553. The van der Waals surface area contributed by atoms with Crippen LogP contribution in [-0.4, -0.2) is 41.3 Å². The van der Waals surface area contributed by atoms with E-state index in [1.807, 2.05) is 12.1 Å². The number of hydrogen-bond acceptors (Lipinski definition) is 3. The molecule has 0 bridgehead atoms. The van der Waals surface area contributed by atoms with Gasteiger partial charge < -0.3 is 9.84 Å². The van der Waals surface area contributed by atoms with Crippen LogP contribution in [0.5, 0.6) is 0 Å². The van der Waals surface area contributed by atoms with Crippen LogP contribution in [0.25, 0.3) is 0 Å². The Labute approximate surface area is 107 Å². The summed E-state index contributed by atoms with van der Waals surface area (Å²) >= 11 is 0. The average molecular weight is 249 g/mol. The van der Waals surface area contributed by atoms with Gasteiger partial charge in [0.2, 0.25) is 0 Å². The first-order valence-electron chi connectivity index (χ1n) is 6.15. The second-order valence-electron chi connectivity index (χ2n) is 5.25. The van der Waals surface area contributed by atoms with E-state index >= 15 is 0 Å². The average Bonchev–Trinajstić information content (AvgIpc) is 2.32. The Hall–Kier alpha value is -1.39. The van der Waals surface area contributed by atoms with Crippen molar-refractivity contribution in [2.45, 2.75) is 25.9 Å². The first-order valence-corrected chi connectivity index (χ1v) is 6.15. The van der Waals surface area contributed by atoms with Gasteiger partial charge in [-0.1, -0.05) is 18.2 Å². The third-order valence-corrected chi connectivity index (χ3v) is 3.43. The molecule has 1 fully saturated rings. The minimum absolute atomic E-state index is 0.0517. The second-order valence-corrected chi connectivity index (χ2v) is 5.25. The van der Waals surface area contributed by atoms with Crippen molar-refractivity contribution >= 4 is 5.97 Å². The molecule has 0 unspecified atom stereocenters. The van der Waals surface area contributed by atoms with Gasteiger partial charge in [0.1, 0.15) is 0 Å². The van der Waals surface area contributed by atoms with E-state index in [2.05, 4.69) is 18.7 Å². The van der Waals surface area contributed by atoms with E-state index in [1.165, 1.54) is 0 Å². The topological polar surface area (TPSA) is 49.8 Å². The lowest BCUT2D eigenvalue weighted by Crippen LogP contribution is -2.52. The molecule has 1 aromatic rings. The highest BCUT2D eigenvalue weighted by Gasteiger charge is 2.30. The monoisotopic (exact) mass is 249 g/mol. The van der Waals surface area contributed by atoms with Crippen LogP contribution in [0.15, 0.2) is 24.3 Å². The van der Waals surface area contributed by atoms with Gasteiger partial charge in [0.15, 0.2) is 0 Å². The first kappa shape index (κ1) is 13.1. The highest BCUT2D eigenvalue weighted by atomic mass is 16.5. The maximum atomic E-state index is 11.2. The quantitative estimate of drug-likeness (QED) is 0.890. The van der Waals surface area contributed by atoms with Crippen LogP contribution in [-0.2, 0) is 11.3 Å². The summed E-state index contributed by atoms with van der Waals surface area (Å²) in [6.07, 6.45) is 0. The highest BCUT2D eigenvalue weighted by molar-refractivity contribution is 5.89. The van der Waals surface area contributed by atoms with Gasteiger partial charge >= 0.3 is 5.97 Å². The molecule has 0 amide bonds. The molecule has 0 saturated carbocycles. The summed E-state index contributed by atoms with van der Waals surface area (Å²) < 4.78 is 5.47. The maximum Gasteiger partial charge on any atom is 0.336 e. The predicted octanol–water partition coefficient (Wildman–Crippen LogP) is 2.00. The van der Waals surface area contributed by atoms with Gasteiger partial charge in [-0.15, -0.1) is 0 Å². The van der Waals surface area contributed by atoms with Crippen LogP contribution in [0.3, 0.4) is 0 Å². The van der Waals surface area contributed by atoms with Gasteiger partial charge in [0.25, 0.3) is 0 Å². The summed E-state index contributed by atoms with van der Waals surface area (Å²) in [5.74, 6) is -0.864. The third kappa shape index (κ3) is 2.71. The first-order chi connectivity index (χ1) is 8.50. The van der Waals surface area contributed by atoms with Crippen molar-refractivity contribution in [3.63, 3.8) is 0 Å². The molecule has 1 N–H and O–H groups in total. The van der Waals surface area contributed by atoms with Gasteiger partial charge in [-0.25, -0.2) is 4.79 Å². The molecule has 0 aromatic heterocycles. The Balaban J connectivity index is 2.21. The molecule has 18 heavy (non-hydrogen) atoms. The zero-order chi connectivity index (χ0) is 13.2. The number of carboxylic acid groups (broad SMARTS) is 1.